The molecule has 0 saturated heterocycles. The Balaban J connectivity index is 3.50. The average Bonchev–Trinajstić information content (AvgIpc) is 2.22. The number of likely N-dealkylation sites (N-methyl/N-ethyl adjacent to an activating group) is 1. The maximum Gasteiger partial charge on any atom is 0.235 e. The molecule has 2 atom stereocenters. The molecule has 0 bridgehead atoms. The number of carbonyl (C=O) groups is 1. The van der Waals surface area contributed by atoms with Gasteiger partial charge in [-0.05, 0) is 20.4 Å². The van der Waals surface area contributed by atoms with Crippen molar-refractivity contribution in [1.82, 2.24) is 10.2 Å². The molecule has 0 fully saturated rings. The molecule has 0 saturated carbocycles. The third kappa shape index (κ3) is 6.43. The summed E-state index contributed by atoms with van der Waals surface area (Å²) in [6.07, 6.45) is 1.14. The topological polar surface area (TPSA) is 84.4 Å². The lowest BCUT2D eigenvalue weighted by molar-refractivity contribution is -0.119. The summed E-state index contributed by atoms with van der Waals surface area (Å²) in [6.45, 7) is 6.57. The molecule has 0 spiro atoms. The van der Waals surface area contributed by atoms with Gasteiger partial charge in [0, 0.05) is 25.7 Å². The summed E-state index contributed by atoms with van der Waals surface area (Å²) >= 11 is 0. The summed E-state index contributed by atoms with van der Waals surface area (Å²) in [5.41, 5.74) is 10.5. The van der Waals surface area contributed by atoms with Gasteiger partial charge in [-0.25, -0.2) is 0 Å². The Labute approximate surface area is 92.2 Å². The highest BCUT2D eigenvalue weighted by Gasteiger charge is 2.09. The lowest BCUT2D eigenvalue weighted by atomic mass is 10.2. The van der Waals surface area contributed by atoms with Gasteiger partial charge in [0.25, 0.3) is 0 Å². The minimum Gasteiger partial charge on any atom is -0.368 e. The van der Waals surface area contributed by atoms with Gasteiger partial charge in [0.2, 0.25) is 5.91 Å². The molecule has 5 N–H and O–H groups in total. The number of rotatable bonds is 8. The van der Waals surface area contributed by atoms with Crippen LogP contribution >= 0.6 is 0 Å². The van der Waals surface area contributed by atoms with Gasteiger partial charge in [0.1, 0.15) is 0 Å². The quantitative estimate of drug-likeness (QED) is 0.460. The predicted octanol–water partition coefficient (Wildman–Crippen LogP) is -0.881. The van der Waals surface area contributed by atoms with Crippen molar-refractivity contribution in [2.24, 2.45) is 11.5 Å². The number of hydrogen-bond acceptors (Lipinski definition) is 4. The molecule has 0 aliphatic heterocycles. The molecule has 0 aliphatic rings. The molecule has 0 aromatic carbocycles. The lowest BCUT2D eigenvalue weighted by Gasteiger charge is -2.23. The van der Waals surface area contributed by atoms with Crippen molar-refractivity contribution >= 4 is 5.91 Å². The Kier molecular flexibility index (Phi) is 7.29. The molecule has 0 rings (SSSR count). The summed E-state index contributed by atoms with van der Waals surface area (Å²) in [6, 6.07) is -0.00415. The second kappa shape index (κ2) is 7.62. The molecule has 5 nitrogen and oxygen atoms in total. The van der Waals surface area contributed by atoms with Gasteiger partial charge in [-0.2, -0.15) is 0 Å². The number of nitrogens with zero attached hydrogens (tertiary/aromatic N) is 1. The van der Waals surface area contributed by atoms with Crippen LogP contribution in [0.15, 0.2) is 0 Å². The summed E-state index contributed by atoms with van der Waals surface area (Å²) in [5.74, 6) is -0.460. The van der Waals surface area contributed by atoms with Crippen LogP contribution in [-0.2, 0) is 4.79 Å². The Morgan fingerprint density at radius 3 is 2.60 bits per heavy atom. The third-order valence-electron chi connectivity index (χ3n) is 2.71. The van der Waals surface area contributed by atoms with Crippen molar-refractivity contribution in [3.05, 3.63) is 0 Å². The smallest absolute Gasteiger partial charge is 0.235 e. The molecule has 5 heteroatoms. The standard InChI is InChI=1S/C10H24N4O/c1-4-8(2)14(3)6-5-13-7-9(11)10(12)15/h8-9,13H,4-7,11H2,1-3H3,(H2,12,15). The highest BCUT2D eigenvalue weighted by atomic mass is 16.1. The number of hydrogen-bond donors (Lipinski definition) is 3. The first-order valence-electron chi connectivity index (χ1n) is 5.44. The van der Waals surface area contributed by atoms with Crippen molar-refractivity contribution in [2.75, 3.05) is 26.7 Å². The Bertz CT molecular complexity index is 186. The number of amides is 1. The van der Waals surface area contributed by atoms with Gasteiger partial charge in [-0.3, -0.25) is 4.79 Å². The Morgan fingerprint density at radius 2 is 2.13 bits per heavy atom. The van der Waals surface area contributed by atoms with Crippen LogP contribution in [0, 0.1) is 0 Å². The van der Waals surface area contributed by atoms with Gasteiger partial charge < -0.3 is 21.7 Å². The molecule has 1 amide bonds. The van der Waals surface area contributed by atoms with Gasteiger partial charge in [0.05, 0.1) is 6.04 Å². The van der Waals surface area contributed by atoms with E-state index in [4.69, 9.17) is 11.5 Å². The molecular formula is C10H24N4O. The molecule has 0 aromatic rings. The molecule has 0 aliphatic carbocycles. The van der Waals surface area contributed by atoms with Crippen LogP contribution in [0.1, 0.15) is 20.3 Å². The maximum absolute atomic E-state index is 10.6. The lowest BCUT2D eigenvalue weighted by Crippen LogP contribution is -2.46. The van der Waals surface area contributed by atoms with Gasteiger partial charge in [-0.15, -0.1) is 0 Å². The zero-order valence-electron chi connectivity index (χ0n) is 9.99. The molecule has 0 radical (unpaired) electrons. The highest BCUT2D eigenvalue weighted by Crippen LogP contribution is 1.97. The fourth-order valence-corrected chi connectivity index (χ4v) is 1.15. The van der Waals surface area contributed by atoms with E-state index >= 15 is 0 Å². The number of nitrogens with one attached hydrogen (secondary N) is 1. The van der Waals surface area contributed by atoms with E-state index in [0.717, 1.165) is 19.5 Å². The maximum atomic E-state index is 10.6. The second-order valence-corrected chi connectivity index (χ2v) is 3.95. The van der Waals surface area contributed by atoms with Crippen molar-refractivity contribution in [2.45, 2.75) is 32.4 Å². The fourth-order valence-electron chi connectivity index (χ4n) is 1.15. The van der Waals surface area contributed by atoms with E-state index in [1.54, 1.807) is 0 Å². The first-order valence-corrected chi connectivity index (χ1v) is 5.44. The molecule has 0 aromatic heterocycles. The van der Waals surface area contributed by atoms with Crippen LogP contribution in [0.3, 0.4) is 0 Å². The molecular weight excluding hydrogens is 192 g/mol. The predicted molar refractivity (Wildman–Crippen MR) is 62.4 cm³/mol. The van der Waals surface area contributed by atoms with Crippen molar-refractivity contribution in [1.29, 1.82) is 0 Å². The minimum atomic E-state index is -0.584. The fraction of sp³-hybridized carbons (Fsp3) is 0.900. The van der Waals surface area contributed by atoms with Gasteiger partial charge in [-0.1, -0.05) is 6.92 Å². The zero-order valence-corrected chi connectivity index (χ0v) is 9.99. The van der Waals surface area contributed by atoms with Crippen LogP contribution in [0.4, 0.5) is 0 Å². The Morgan fingerprint density at radius 1 is 1.53 bits per heavy atom. The molecule has 2 unspecified atom stereocenters. The van der Waals surface area contributed by atoms with E-state index in [9.17, 15) is 4.79 Å². The normalized spacial score (nSPS) is 15.3. The summed E-state index contributed by atoms with van der Waals surface area (Å²) in [5, 5.41) is 3.11. The summed E-state index contributed by atoms with van der Waals surface area (Å²) in [4.78, 5) is 12.9. The molecule has 90 valence electrons. The van der Waals surface area contributed by atoms with Crippen LogP contribution in [0.25, 0.3) is 0 Å². The van der Waals surface area contributed by atoms with E-state index in [1.807, 2.05) is 0 Å². The SMILES string of the molecule is CCC(C)N(C)CCNCC(N)C(N)=O. The molecule has 0 heterocycles. The summed E-state index contributed by atoms with van der Waals surface area (Å²) in [7, 11) is 2.09. The van der Waals surface area contributed by atoms with Crippen LogP contribution in [0.5, 0.6) is 0 Å². The van der Waals surface area contributed by atoms with Crippen molar-refractivity contribution in [3.63, 3.8) is 0 Å². The van der Waals surface area contributed by atoms with E-state index < -0.39 is 11.9 Å². The first-order chi connectivity index (χ1) is 6.99. The molecule has 15 heavy (non-hydrogen) atoms. The average molecular weight is 216 g/mol. The van der Waals surface area contributed by atoms with Crippen LogP contribution in [0.2, 0.25) is 0 Å². The van der Waals surface area contributed by atoms with Gasteiger partial charge >= 0.3 is 0 Å². The van der Waals surface area contributed by atoms with E-state index in [1.165, 1.54) is 0 Å². The van der Waals surface area contributed by atoms with E-state index in [0.29, 0.717) is 12.6 Å². The van der Waals surface area contributed by atoms with Crippen molar-refractivity contribution in [3.8, 4) is 0 Å². The van der Waals surface area contributed by atoms with Crippen LogP contribution in [-0.4, -0.2) is 49.6 Å². The first kappa shape index (κ1) is 14.3. The zero-order chi connectivity index (χ0) is 11.8. The van der Waals surface area contributed by atoms with E-state index in [2.05, 4.69) is 31.1 Å². The second-order valence-electron chi connectivity index (χ2n) is 3.95. The number of nitrogens with two attached hydrogens (primary N) is 2. The summed E-state index contributed by atoms with van der Waals surface area (Å²) < 4.78 is 0. The van der Waals surface area contributed by atoms with Crippen LogP contribution < -0.4 is 16.8 Å². The number of carbonyl (C=O) groups excluding carboxylic acids is 1. The third-order valence-corrected chi connectivity index (χ3v) is 2.71. The number of primary amides is 1. The van der Waals surface area contributed by atoms with E-state index in [-0.39, 0.29) is 0 Å². The Hall–Kier alpha value is -0.650. The van der Waals surface area contributed by atoms with Crippen molar-refractivity contribution < 1.29 is 4.79 Å². The van der Waals surface area contributed by atoms with Gasteiger partial charge in [0.15, 0.2) is 0 Å². The minimum absolute atomic E-state index is 0.448. The highest BCUT2D eigenvalue weighted by molar-refractivity contribution is 5.79. The largest absolute Gasteiger partial charge is 0.368 e. The monoisotopic (exact) mass is 216 g/mol.